The SMILES string of the molecule is NC(=S)c1cc(F)cc(CN2CCC3CCCCC3C2)c1. The van der Waals surface area contributed by atoms with Gasteiger partial charge in [-0.15, -0.1) is 0 Å². The molecule has 0 bridgehead atoms. The Hall–Kier alpha value is -1.00. The number of rotatable bonds is 3. The predicted molar refractivity (Wildman–Crippen MR) is 87.6 cm³/mol. The standard InChI is InChI=1S/C17H23FN2S/c18-16-8-12(7-15(9-16)17(19)21)10-20-6-5-13-3-1-2-4-14(13)11-20/h7-9,13-14H,1-6,10-11H2,(H2,19,21). The third kappa shape index (κ3) is 3.61. The summed E-state index contributed by atoms with van der Waals surface area (Å²) in [6.45, 7) is 3.08. The van der Waals surface area contributed by atoms with Crippen LogP contribution in [-0.2, 0) is 6.54 Å². The maximum Gasteiger partial charge on any atom is 0.124 e. The van der Waals surface area contributed by atoms with Crippen molar-refractivity contribution < 1.29 is 4.39 Å². The number of piperidine rings is 1. The summed E-state index contributed by atoms with van der Waals surface area (Å²) in [5.41, 5.74) is 7.23. The Morgan fingerprint density at radius 2 is 1.95 bits per heavy atom. The Bertz CT molecular complexity index is 532. The molecule has 1 saturated carbocycles. The van der Waals surface area contributed by atoms with Gasteiger partial charge in [0.25, 0.3) is 0 Å². The number of hydrogen-bond donors (Lipinski definition) is 1. The van der Waals surface area contributed by atoms with Crippen molar-refractivity contribution in [3.05, 3.63) is 35.1 Å². The van der Waals surface area contributed by atoms with Crippen molar-refractivity contribution in [1.29, 1.82) is 0 Å². The molecule has 114 valence electrons. The van der Waals surface area contributed by atoms with E-state index in [0.717, 1.165) is 37.0 Å². The minimum atomic E-state index is -0.247. The van der Waals surface area contributed by atoms with E-state index in [9.17, 15) is 4.39 Å². The maximum atomic E-state index is 13.7. The van der Waals surface area contributed by atoms with E-state index < -0.39 is 0 Å². The van der Waals surface area contributed by atoms with Crippen LogP contribution in [0.25, 0.3) is 0 Å². The largest absolute Gasteiger partial charge is 0.389 e. The molecule has 4 heteroatoms. The van der Waals surface area contributed by atoms with Crippen molar-refractivity contribution in [2.75, 3.05) is 13.1 Å². The molecular formula is C17H23FN2S. The quantitative estimate of drug-likeness (QED) is 0.867. The van der Waals surface area contributed by atoms with Gasteiger partial charge in [-0.1, -0.05) is 31.5 Å². The number of hydrogen-bond acceptors (Lipinski definition) is 2. The molecule has 1 heterocycles. The zero-order chi connectivity index (χ0) is 14.8. The molecule has 2 aliphatic rings. The zero-order valence-electron chi connectivity index (χ0n) is 12.4. The average Bonchev–Trinajstić information content (AvgIpc) is 2.46. The van der Waals surface area contributed by atoms with E-state index in [1.165, 1.54) is 38.2 Å². The number of likely N-dealkylation sites (tertiary alicyclic amines) is 1. The number of thiocarbonyl (C=S) groups is 1. The van der Waals surface area contributed by atoms with Crippen LogP contribution in [0.3, 0.4) is 0 Å². The lowest BCUT2D eigenvalue weighted by molar-refractivity contribution is 0.0820. The summed E-state index contributed by atoms with van der Waals surface area (Å²) in [6.07, 6.45) is 6.84. The average molecular weight is 306 g/mol. The molecule has 1 aliphatic carbocycles. The maximum absolute atomic E-state index is 13.7. The fourth-order valence-corrected chi connectivity index (χ4v) is 4.08. The van der Waals surface area contributed by atoms with Gasteiger partial charge in [-0.3, -0.25) is 4.90 Å². The van der Waals surface area contributed by atoms with Gasteiger partial charge in [0, 0.05) is 18.7 Å². The number of benzene rings is 1. The first kappa shape index (κ1) is 14.9. The third-order valence-electron chi connectivity index (χ3n) is 5.02. The van der Waals surface area contributed by atoms with Crippen molar-refractivity contribution in [1.82, 2.24) is 4.90 Å². The predicted octanol–water partition coefficient (Wildman–Crippen LogP) is 3.47. The highest BCUT2D eigenvalue weighted by Gasteiger charge is 2.30. The number of nitrogens with zero attached hydrogens (tertiary/aromatic N) is 1. The molecule has 0 amide bonds. The molecule has 21 heavy (non-hydrogen) atoms. The number of nitrogens with two attached hydrogens (primary N) is 1. The molecule has 1 saturated heterocycles. The lowest BCUT2D eigenvalue weighted by atomic mass is 9.75. The monoisotopic (exact) mass is 306 g/mol. The fourth-order valence-electron chi connectivity index (χ4n) is 3.96. The van der Waals surface area contributed by atoms with Crippen molar-refractivity contribution in [3.8, 4) is 0 Å². The Morgan fingerprint density at radius 1 is 1.19 bits per heavy atom. The van der Waals surface area contributed by atoms with Crippen LogP contribution in [0.4, 0.5) is 4.39 Å². The number of halogens is 1. The van der Waals surface area contributed by atoms with Gasteiger partial charge in [-0.05, 0) is 55.0 Å². The first-order valence-corrected chi connectivity index (χ1v) is 8.34. The highest BCUT2D eigenvalue weighted by molar-refractivity contribution is 7.80. The minimum Gasteiger partial charge on any atom is -0.389 e. The number of fused-ring (bicyclic) bond motifs is 1. The first-order chi connectivity index (χ1) is 10.1. The van der Waals surface area contributed by atoms with Gasteiger partial charge in [0.15, 0.2) is 0 Å². The smallest absolute Gasteiger partial charge is 0.124 e. The summed E-state index contributed by atoms with van der Waals surface area (Å²) < 4.78 is 13.7. The Kier molecular flexibility index (Phi) is 4.55. The van der Waals surface area contributed by atoms with Crippen molar-refractivity contribution >= 4 is 17.2 Å². The Morgan fingerprint density at radius 3 is 2.71 bits per heavy atom. The van der Waals surface area contributed by atoms with Gasteiger partial charge in [-0.2, -0.15) is 0 Å². The fraction of sp³-hybridized carbons (Fsp3) is 0.588. The normalized spacial score (nSPS) is 26.3. The summed E-state index contributed by atoms with van der Waals surface area (Å²) in [4.78, 5) is 2.73. The molecule has 3 rings (SSSR count). The summed E-state index contributed by atoms with van der Waals surface area (Å²) >= 11 is 4.96. The van der Waals surface area contributed by atoms with Gasteiger partial charge >= 0.3 is 0 Å². The molecule has 0 spiro atoms. The molecule has 2 N–H and O–H groups in total. The van der Waals surface area contributed by atoms with Crippen molar-refractivity contribution in [2.45, 2.75) is 38.6 Å². The Labute approximate surface area is 131 Å². The second-order valence-electron chi connectivity index (χ2n) is 6.54. The molecular weight excluding hydrogens is 283 g/mol. The van der Waals surface area contributed by atoms with Crippen LogP contribution in [0.1, 0.15) is 43.2 Å². The molecule has 1 aliphatic heterocycles. The van der Waals surface area contributed by atoms with Crippen LogP contribution >= 0.6 is 12.2 Å². The summed E-state index contributed by atoms with van der Waals surface area (Å²) in [7, 11) is 0. The molecule has 1 aromatic carbocycles. The van der Waals surface area contributed by atoms with Crippen LogP contribution in [0.5, 0.6) is 0 Å². The summed E-state index contributed by atoms with van der Waals surface area (Å²) in [6, 6.07) is 4.95. The lowest BCUT2D eigenvalue weighted by Crippen LogP contribution is -2.41. The molecule has 2 atom stereocenters. The van der Waals surface area contributed by atoms with E-state index in [4.69, 9.17) is 18.0 Å². The van der Waals surface area contributed by atoms with Crippen LogP contribution in [-0.4, -0.2) is 23.0 Å². The second-order valence-corrected chi connectivity index (χ2v) is 6.98. The molecule has 0 aromatic heterocycles. The zero-order valence-corrected chi connectivity index (χ0v) is 13.2. The highest BCUT2D eigenvalue weighted by atomic mass is 32.1. The van der Waals surface area contributed by atoms with E-state index in [1.54, 1.807) is 6.07 Å². The van der Waals surface area contributed by atoms with Gasteiger partial charge in [0.2, 0.25) is 0 Å². The molecule has 0 radical (unpaired) electrons. The molecule has 1 aromatic rings. The van der Waals surface area contributed by atoms with Gasteiger partial charge < -0.3 is 5.73 Å². The molecule has 2 nitrogen and oxygen atoms in total. The second kappa shape index (κ2) is 6.41. The van der Waals surface area contributed by atoms with Crippen LogP contribution in [0.15, 0.2) is 18.2 Å². The molecule has 2 unspecified atom stereocenters. The third-order valence-corrected chi connectivity index (χ3v) is 5.26. The van der Waals surface area contributed by atoms with Crippen LogP contribution in [0, 0.1) is 17.7 Å². The van der Waals surface area contributed by atoms with Crippen LogP contribution in [0.2, 0.25) is 0 Å². The lowest BCUT2D eigenvalue weighted by Gasteiger charge is -2.41. The summed E-state index contributed by atoms with van der Waals surface area (Å²) in [5, 5.41) is 0. The van der Waals surface area contributed by atoms with E-state index in [-0.39, 0.29) is 10.8 Å². The Balaban J connectivity index is 1.68. The minimum absolute atomic E-state index is 0.247. The van der Waals surface area contributed by atoms with E-state index >= 15 is 0 Å². The highest BCUT2D eigenvalue weighted by Crippen LogP contribution is 2.36. The van der Waals surface area contributed by atoms with E-state index in [2.05, 4.69) is 4.90 Å². The van der Waals surface area contributed by atoms with Gasteiger partial charge in [0.05, 0.1) is 0 Å². The van der Waals surface area contributed by atoms with Crippen LogP contribution < -0.4 is 5.73 Å². The topological polar surface area (TPSA) is 29.3 Å². The van der Waals surface area contributed by atoms with Crippen molar-refractivity contribution in [3.63, 3.8) is 0 Å². The van der Waals surface area contributed by atoms with Gasteiger partial charge in [0.1, 0.15) is 10.8 Å². The van der Waals surface area contributed by atoms with E-state index in [1.807, 2.05) is 6.07 Å². The molecule has 2 fully saturated rings. The van der Waals surface area contributed by atoms with Crippen molar-refractivity contribution in [2.24, 2.45) is 17.6 Å². The summed E-state index contributed by atoms with van der Waals surface area (Å²) in [5.74, 6) is 1.52. The van der Waals surface area contributed by atoms with E-state index in [0.29, 0.717) is 5.56 Å². The first-order valence-electron chi connectivity index (χ1n) is 7.93. The van der Waals surface area contributed by atoms with Gasteiger partial charge in [-0.25, -0.2) is 4.39 Å².